The molecule has 1 aromatic carbocycles. The first-order chi connectivity index (χ1) is 17.2. The van der Waals surface area contributed by atoms with Crippen LogP contribution in [0.4, 0.5) is 4.79 Å². The van der Waals surface area contributed by atoms with Gasteiger partial charge in [-0.05, 0) is 78.4 Å². The average molecular weight is 518 g/mol. The zero-order valence-electron chi connectivity index (χ0n) is 25.0. The third-order valence-electron chi connectivity index (χ3n) is 6.84. The summed E-state index contributed by atoms with van der Waals surface area (Å²) in [5.74, 6) is -0.643. The summed E-state index contributed by atoms with van der Waals surface area (Å²) in [6, 6.07) is 4.07. The van der Waals surface area contributed by atoms with E-state index < -0.39 is 23.8 Å². The minimum atomic E-state index is -0.831. The number of rotatable bonds is 12. The molecule has 0 radical (unpaired) electrons. The van der Waals surface area contributed by atoms with Gasteiger partial charge >= 0.3 is 6.09 Å². The summed E-state index contributed by atoms with van der Waals surface area (Å²) in [5, 5.41) is 5.98. The molecule has 2 N–H and O–H groups in total. The summed E-state index contributed by atoms with van der Waals surface area (Å²) in [4.78, 5) is 42.7. The molecule has 0 aliphatic carbocycles. The van der Waals surface area contributed by atoms with Crippen molar-refractivity contribution < 1.29 is 19.1 Å². The van der Waals surface area contributed by atoms with E-state index in [2.05, 4.69) is 17.6 Å². The number of carbonyl (C=O) groups is 3. The zero-order valence-corrected chi connectivity index (χ0v) is 25.0. The molecule has 210 valence electrons. The lowest BCUT2D eigenvalue weighted by molar-refractivity contribution is -0.146. The largest absolute Gasteiger partial charge is 0.444 e. The van der Waals surface area contributed by atoms with Gasteiger partial charge in [-0.1, -0.05) is 64.3 Å². The van der Waals surface area contributed by atoms with Gasteiger partial charge < -0.3 is 20.3 Å². The number of aryl methyl sites for hydroxylation is 2. The smallest absolute Gasteiger partial charge is 0.408 e. The Hall–Kier alpha value is -2.57. The Labute approximate surface area is 225 Å². The number of hydrogen-bond donors (Lipinski definition) is 2. The van der Waals surface area contributed by atoms with Gasteiger partial charge in [-0.3, -0.25) is 9.59 Å². The van der Waals surface area contributed by atoms with E-state index in [0.29, 0.717) is 12.8 Å². The first kappa shape index (κ1) is 32.5. The molecule has 0 bridgehead atoms. The second-order valence-electron chi connectivity index (χ2n) is 11.5. The first-order valence-corrected chi connectivity index (χ1v) is 13.9. The number of benzene rings is 1. The molecular weight excluding hydrogens is 466 g/mol. The molecule has 0 heterocycles. The highest BCUT2D eigenvalue weighted by atomic mass is 16.6. The predicted octanol–water partition coefficient (Wildman–Crippen LogP) is 6.22. The summed E-state index contributed by atoms with van der Waals surface area (Å²) >= 11 is 0. The van der Waals surface area contributed by atoms with E-state index in [-0.39, 0.29) is 29.8 Å². The quantitative estimate of drug-likeness (QED) is 0.345. The van der Waals surface area contributed by atoms with E-state index in [1.54, 1.807) is 25.7 Å². The van der Waals surface area contributed by atoms with Gasteiger partial charge in [-0.2, -0.15) is 0 Å². The van der Waals surface area contributed by atoms with Crippen LogP contribution in [0.2, 0.25) is 0 Å². The fourth-order valence-corrected chi connectivity index (χ4v) is 4.37. The third kappa shape index (κ3) is 9.67. The van der Waals surface area contributed by atoms with Gasteiger partial charge in [-0.25, -0.2) is 4.79 Å². The molecule has 0 fully saturated rings. The van der Waals surface area contributed by atoms with Crippen molar-refractivity contribution in [1.82, 2.24) is 15.5 Å². The lowest BCUT2D eigenvalue weighted by Crippen LogP contribution is -2.57. The van der Waals surface area contributed by atoms with Crippen molar-refractivity contribution >= 4 is 17.9 Å². The van der Waals surface area contributed by atoms with Crippen LogP contribution in [0.3, 0.4) is 0 Å². The summed E-state index contributed by atoms with van der Waals surface area (Å²) in [6.07, 6.45) is 2.48. The minimum absolute atomic E-state index is 0.0238. The van der Waals surface area contributed by atoms with Crippen LogP contribution >= 0.6 is 0 Å². The number of carbonyl (C=O) groups excluding carboxylic acids is 3. The third-order valence-corrected chi connectivity index (χ3v) is 6.84. The number of hydrogen-bond acceptors (Lipinski definition) is 4. The average Bonchev–Trinajstić information content (AvgIpc) is 2.80. The number of nitrogens with one attached hydrogen (secondary N) is 2. The van der Waals surface area contributed by atoms with Crippen LogP contribution in [0, 0.1) is 19.8 Å². The monoisotopic (exact) mass is 517 g/mol. The highest BCUT2D eigenvalue weighted by Crippen LogP contribution is 2.30. The van der Waals surface area contributed by atoms with E-state index in [0.717, 1.165) is 29.5 Å². The second kappa shape index (κ2) is 14.4. The van der Waals surface area contributed by atoms with Gasteiger partial charge in [0.25, 0.3) is 0 Å². The Kier molecular flexibility index (Phi) is 12.6. The van der Waals surface area contributed by atoms with Gasteiger partial charge in [0.2, 0.25) is 11.8 Å². The van der Waals surface area contributed by atoms with Gasteiger partial charge in [0.05, 0.1) is 0 Å². The van der Waals surface area contributed by atoms with Gasteiger partial charge in [-0.15, -0.1) is 0 Å². The summed E-state index contributed by atoms with van der Waals surface area (Å²) in [5.41, 5.74) is 2.06. The maximum atomic E-state index is 14.3. The molecular formula is C30H51N3O4. The Morgan fingerprint density at radius 3 is 2.11 bits per heavy atom. The first-order valence-electron chi connectivity index (χ1n) is 13.9. The number of nitrogens with zero attached hydrogens (tertiary/aromatic N) is 1. The van der Waals surface area contributed by atoms with E-state index in [1.165, 1.54) is 0 Å². The molecule has 3 amide bonds. The molecule has 0 aliphatic heterocycles. The molecule has 7 nitrogen and oxygen atoms in total. The molecule has 0 saturated carbocycles. The Bertz CT molecular complexity index is 909. The predicted molar refractivity (Wildman–Crippen MR) is 150 cm³/mol. The topological polar surface area (TPSA) is 87.7 Å². The molecule has 7 heteroatoms. The second-order valence-corrected chi connectivity index (χ2v) is 11.5. The molecule has 1 rings (SSSR count). The number of ether oxygens (including phenoxy) is 1. The van der Waals surface area contributed by atoms with Crippen molar-refractivity contribution in [2.24, 2.45) is 5.92 Å². The van der Waals surface area contributed by atoms with Crippen molar-refractivity contribution in [3.05, 3.63) is 34.9 Å². The lowest BCUT2D eigenvalue weighted by atomic mass is 9.92. The van der Waals surface area contributed by atoms with Crippen molar-refractivity contribution in [1.29, 1.82) is 0 Å². The normalized spacial score (nSPS) is 15.6. The van der Waals surface area contributed by atoms with Crippen LogP contribution in [0.5, 0.6) is 0 Å². The van der Waals surface area contributed by atoms with Crippen molar-refractivity contribution in [2.75, 3.05) is 0 Å². The maximum Gasteiger partial charge on any atom is 0.408 e. The van der Waals surface area contributed by atoms with Crippen LogP contribution in [-0.4, -0.2) is 46.5 Å². The van der Waals surface area contributed by atoms with E-state index in [1.807, 2.05) is 66.7 Å². The van der Waals surface area contributed by atoms with Gasteiger partial charge in [0, 0.05) is 12.1 Å². The van der Waals surface area contributed by atoms with E-state index >= 15 is 0 Å². The fourth-order valence-electron chi connectivity index (χ4n) is 4.37. The lowest BCUT2D eigenvalue weighted by Gasteiger charge is -2.40. The van der Waals surface area contributed by atoms with Crippen LogP contribution in [0.1, 0.15) is 111 Å². The number of amides is 3. The van der Waals surface area contributed by atoms with Crippen molar-refractivity contribution in [3.63, 3.8) is 0 Å². The Balaban J connectivity index is 3.65. The van der Waals surface area contributed by atoms with Crippen LogP contribution < -0.4 is 10.6 Å². The molecule has 0 aliphatic rings. The summed E-state index contributed by atoms with van der Waals surface area (Å²) in [7, 11) is 0. The van der Waals surface area contributed by atoms with Crippen LogP contribution in [-0.2, 0) is 14.3 Å². The van der Waals surface area contributed by atoms with Crippen LogP contribution in [0.15, 0.2) is 18.2 Å². The molecule has 37 heavy (non-hydrogen) atoms. The Morgan fingerprint density at radius 1 is 0.973 bits per heavy atom. The Morgan fingerprint density at radius 2 is 1.59 bits per heavy atom. The summed E-state index contributed by atoms with van der Waals surface area (Å²) < 4.78 is 5.49. The number of alkyl carbamates (subject to hydrolysis) is 1. The fraction of sp³-hybridized carbons (Fsp3) is 0.700. The molecule has 1 aromatic rings. The zero-order chi connectivity index (χ0) is 28.5. The molecule has 5 unspecified atom stereocenters. The highest BCUT2D eigenvalue weighted by molar-refractivity contribution is 5.92. The van der Waals surface area contributed by atoms with Gasteiger partial charge in [0.1, 0.15) is 17.7 Å². The minimum Gasteiger partial charge on any atom is -0.444 e. The van der Waals surface area contributed by atoms with E-state index in [4.69, 9.17) is 4.74 Å². The molecule has 0 spiro atoms. The van der Waals surface area contributed by atoms with Crippen molar-refractivity contribution in [3.8, 4) is 0 Å². The van der Waals surface area contributed by atoms with Crippen LogP contribution in [0.25, 0.3) is 0 Å². The highest BCUT2D eigenvalue weighted by Gasteiger charge is 2.40. The molecule has 5 atom stereocenters. The summed E-state index contributed by atoms with van der Waals surface area (Å²) in [6.45, 7) is 21.3. The molecule has 0 saturated heterocycles. The van der Waals surface area contributed by atoms with Crippen molar-refractivity contribution in [2.45, 2.75) is 132 Å². The molecule has 0 aromatic heterocycles. The maximum absolute atomic E-state index is 14.3. The standard InChI is InChI=1S/C30H51N3O4/c1-12-15-22(7)31-27(34)26(24-18-19(4)16-17-21(24)6)33(23(8)14-3)28(35)25(20(5)13-2)32-29(36)37-30(9,10)11/h16-18,20,22-23,25-26H,12-15H2,1-11H3,(H,31,34)(H,32,36). The SMILES string of the molecule is CCCC(C)NC(=O)C(c1cc(C)ccc1C)N(C(=O)C(NC(=O)OC(C)(C)C)C(C)CC)C(C)CC. The van der Waals surface area contributed by atoms with E-state index in [9.17, 15) is 14.4 Å². The van der Waals surface area contributed by atoms with Gasteiger partial charge in [0.15, 0.2) is 0 Å².